The van der Waals surface area contributed by atoms with Crippen LogP contribution in [0, 0.1) is 22.0 Å². The predicted molar refractivity (Wildman–Crippen MR) is 69.0 cm³/mol. The summed E-state index contributed by atoms with van der Waals surface area (Å²) in [5, 5.41) is 40.4. The van der Waals surface area contributed by atoms with Crippen molar-refractivity contribution in [2.24, 2.45) is 11.8 Å². The van der Waals surface area contributed by atoms with Crippen molar-refractivity contribution in [1.82, 2.24) is 5.32 Å². The van der Waals surface area contributed by atoms with Gasteiger partial charge in [0, 0.05) is 0 Å². The molecule has 0 fully saturated rings. The molecule has 0 aromatic rings. The summed E-state index contributed by atoms with van der Waals surface area (Å²) >= 11 is 0. The number of nitro groups is 1. The van der Waals surface area contributed by atoms with Crippen LogP contribution in [0.25, 0.3) is 0 Å². The number of aliphatic hydroxyl groups is 2. The second-order valence-electron chi connectivity index (χ2n) is 4.33. The highest BCUT2D eigenvalue weighted by Crippen LogP contribution is 2.15. The molecule has 0 saturated heterocycles. The van der Waals surface area contributed by atoms with Gasteiger partial charge in [-0.25, -0.2) is 0 Å². The number of carbonyl (C=O) groups is 1. The van der Waals surface area contributed by atoms with E-state index in [-0.39, 0.29) is 13.3 Å². The molecule has 0 aliphatic rings. The van der Waals surface area contributed by atoms with Crippen molar-refractivity contribution in [3.8, 4) is 0 Å². The Hall–Kier alpha value is -1.83. The molecule has 0 radical (unpaired) electrons. The van der Waals surface area contributed by atoms with Gasteiger partial charge in [-0.05, 0) is 12.8 Å². The predicted octanol–water partition coefficient (Wildman–Crippen LogP) is 0.952. The lowest BCUT2D eigenvalue weighted by Gasteiger charge is -2.29. The highest BCUT2D eigenvalue weighted by molar-refractivity contribution is 5.70. The molecule has 0 aromatic heterocycles. The van der Waals surface area contributed by atoms with Gasteiger partial charge in [0.15, 0.2) is 0 Å². The molecular formula is C11H22N2O6. The molecule has 0 saturated carbocycles. The van der Waals surface area contributed by atoms with E-state index in [2.05, 4.69) is 5.32 Å². The number of carboxylic acids is 1. The van der Waals surface area contributed by atoms with E-state index in [1.165, 1.54) is 6.92 Å². The van der Waals surface area contributed by atoms with Gasteiger partial charge in [0.05, 0.1) is 23.0 Å². The number of hydrogen-bond acceptors (Lipinski definition) is 6. The Morgan fingerprint density at radius 1 is 1.32 bits per heavy atom. The third kappa shape index (κ3) is 6.61. The van der Waals surface area contributed by atoms with E-state index in [4.69, 9.17) is 5.11 Å². The molecule has 3 atom stereocenters. The molecular weight excluding hydrogens is 256 g/mol. The minimum Gasteiger partial charge on any atom is -0.490 e. The summed E-state index contributed by atoms with van der Waals surface area (Å²) in [6.07, 6.45) is -0.946. The summed E-state index contributed by atoms with van der Waals surface area (Å²) in [6, 6.07) is -0.813. The molecule has 0 aliphatic carbocycles. The minimum absolute atomic E-state index is 0. The van der Waals surface area contributed by atoms with Gasteiger partial charge in [-0.1, -0.05) is 21.3 Å². The summed E-state index contributed by atoms with van der Waals surface area (Å²) in [5.74, 6) is -3.21. The first-order valence-corrected chi connectivity index (χ1v) is 5.38. The molecule has 0 spiro atoms. The van der Waals surface area contributed by atoms with Crippen LogP contribution in [-0.2, 0) is 4.79 Å². The van der Waals surface area contributed by atoms with Crippen molar-refractivity contribution in [1.29, 1.82) is 0 Å². The van der Waals surface area contributed by atoms with E-state index in [0.29, 0.717) is 6.20 Å². The van der Waals surface area contributed by atoms with Crippen LogP contribution in [0.3, 0.4) is 0 Å². The fraction of sp³-hybridized carbons (Fsp3) is 0.727. The van der Waals surface area contributed by atoms with Crippen molar-refractivity contribution < 1.29 is 25.0 Å². The molecule has 4 N–H and O–H groups in total. The van der Waals surface area contributed by atoms with Gasteiger partial charge >= 0.3 is 5.97 Å². The van der Waals surface area contributed by atoms with Crippen LogP contribution in [0.4, 0.5) is 0 Å². The SMILES string of the molecule is C.CC(C)C(N/C(O)=C/[N+](=O)[O-])C(O)C(C)C(=O)O. The highest BCUT2D eigenvalue weighted by Gasteiger charge is 2.32. The van der Waals surface area contributed by atoms with E-state index in [1.807, 2.05) is 0 Å². The normalized spacial score (nSPS) is 16.2. The van der Waals surface area contributed by atoms with E-state index < -0.39 is 34.8 Å². The lowest BCUT2D eigenvalue weighted by atomic mass is 9.90. The molecule has 0 aliphatic heterocycles. The molecule has 112 valence electrons. The summed E-state index contributed by atoms with van der Waals surface area (Å²) < 4.78 is 0. The Kier molecular flexibility index (Phi) is 8.53. The quantitative estimate of drug-likeness (QED) is 0.309. The Morgan fingerprint density at radius 3 is 2.11 bits per heavy atom. The molecule has 0 amide bonds. The Labute approximate surface area is 111 Å². The molecule has 8 nitrogen and oxygen atoms in total. The lowest BCUT2D eigenvalue weighted by Crippen LogP contribution is -2.48. The Morgan fingerprint density at radius 2 is 1.79 bits per heavy atom. The number of hydrogen-bond donors (Lipinski definition) is 4. The summed E-state index contributed by atoms with van der Waals surface area (Å²) in [4.78, 5) is 20.0. The average Bonchev–Trinajstić information content (AvgIpc) is 2.22. The third-order valence-corrected chi connectivity index (χ3v) is 2.53. The minimum atomic E-state index is -1.29. The second kappa shape index (κ2) is 8.30. The topological polar surface area (TPSA) is 133 Å². The monoisotopic (exact) mass is 278 g/mol. The molecule has 0 heterocycles. The number of nitrogens with one attached hydrogen (secondary N) is 1. The fourth-order valence-corrected chi connectivity index (χ4v) is 1.41. The number of nitrogens with zero attached hydrogens (tertiary/aromatic N) is 1. The summed E-state index contributed by atoms with van der Waals surface area (Å²) in [7, 11) is 0. The molecule has 0 aromatic carbocycles. The van der Waals surface area contributed by atoms with E-state index in [0.717, 1.165) is 0 Å². The maximum atomic E-state index is 10.8. The van der Waals surface area contributed by atoms with Crippen molar-refractivity contribution in [3.63, 3.8) is 0 Å². The van der Waals surface area contributed by atoms with Crippen LogP contribution < -0.4 is 5.32 Å². The zero-order valence-corrected chi connectivity index (χ0v) is 10.4. The first kappa shape index (κ1) is 19.5. The van der Waals surface area contributed by atoms with Crippen molar-refractivity contribution in [2.45, 2.75) is 40.3 Å². The van der Waals surface area contributed by atoms with Crippen molar-refractivity contribution in [2.75, 3.05) is 0 Å². The fourth-order valence-electron chi connectivity index (χ4n) is 1.41. The molecule has 19 heavy (non-hydrogen) atoms. The van der Waals surface area contributed by atoms with Crippen LogP contribution in [-0.4, -0.2) is 38.4 Å². The zero-order valence-electron chi connectivity index (χ0n) is 10.4. The van der Waals surface area contributed by atoms with Crippen molar-refractivity contribution in [3.05, 3.63) is 22.2 Å². The van der Waals surface area contributed by atoms with E-state index in [9.17, 15) is 25.1 Å². The van der Waals surface area contributed by atoms with Gasteiger partial charge in [-0.2, -0.15) is 0 Å². The maximum absolute atomic E-state index is 10.8. The van der Waals surface area contributed by atoms with Gasteiger partial charge in [0.1, 0.15) is 0 Å². The van der Waals surface area contributed by atoms with Crippen molar-refractivity contribution >= 4 is 5.97 Å². The van der Waals surface area contributed by atoms with Gasteiger partial charge < -0.3 is 20.6 Å². The molecule has 3 unspecified atom stereocenters. The summed E-state index contributed by atoms with van der Waals surface area (Å²) in [6.45, 7) is 4.70. The van der Waals surface area contributed by atoms with Crippen LogP contribution in [0.2, 0.25) is 0 Å². The number of rotatable bonds is 7. The number of carboxylic acid groups (broad SMARTS) is 1. The average molecular weight is 278 g/mol. The number of aliphatic carboxylic acids is 1. The van der Waals surface area contributed by atoms with E-state index >= 15 is 0 Å². The largest absolute Gasteiger partial charge is 0.490 e. The zero-order chi connectivity index (χ0) is 14.5. The number of aliphatic hydroxyl groups excluding tert-OH is 2. The standard InChI is InChI=1S/C10H18N2O6.CH4/c1-5(2)8(9(14)6(3)10(15)16)11-7(13)4-12(17)18;/h4-6,8-9,11,13-14H,1-3H3,(H,15,16);1H4/b7-4-;. The van der Waals surface area contributed by atoms with Crippen LogP contribution in [0.1, 0.15) is 28.2 Å². The van der Waals surface area contributed by atoms with Crippen LogP contribution in [0.15, 0.2) is 12.1 Å². The first-order valence-electron chi connectivity index (χ1n) is 5.38. The summed E-state index contributed by atoms with van der Waals surface area (Å²) in [5.41, 5.74) is 0. The maximum Gasteiger partial charge on any atom is 0.308 e. The van der Waals surface area contributed by atoms with E-state index in [1.54, 1.807) is 13.8 Å². The molecule has 0 bridgehead atoms. The highest BCUT2D eigenvalue weighted by atomic mass is 16.6. The smallest absolute Gasteiger partial charge is 0.308 e. The molecule has 8 heteroatoms. The van der Waals surface area contributed by atoms with Gasteiger partial charge in [0.2, 0.25) is 0 Å². The lowest BCUT2D eigenvalue weighted by molar-refractivity contribution is -0.405. The van der Waals surface area contributed by atoms with Gasteiger partial charge in [-0.15, -0.1) is 0 Å². The van der Waals surface area contributed by atoms with Gasteiger partial charge in [-0.3, -0.25) is 14.9 Å². The van der Waals surface area contributed by atoms with Gasteiger partial charge in [0.25, 0.3) is 12.1 Å². The third-order valence-electron chi connectivity index (χ3n) is 2.53. The second-order valence-corrected chi connectivity index (χ2v) is 4.33. The first-order chi connectivity index (χ1) is 8.16. The van der Waals surface area contributed by atoms with Crippen LogP contribution >= 0.6 is 0 Å². The Balaban J connectivity index is 0. The Bertz CT molecular complexity index is 342. The molecule has 0 rings (SSSR count). The van der Waals surface area contributed by atoms with Crippen LogP contribution in [0.5, 0.6) is 0 Å².